The Morgan fingerprint density at radius 1 is 1.00 bits per heavy atom. The zero-order valence-corrected chi connectivity index (χ0v) is 11.7. The van der Waals surface area contributed by atoms with Gasteiger partial charge in [-0.1, -0.05) is 27.2 Å². The van der Waals surface area contributed by atoms with Crippen LogP contribution < -0.4 is 0 Å². The first-order valence-electron chi connectivity index (χ1n) is 7.63. The molecule has 3 rings (SSSR count). The van der Waals surface area contributed by atoms with Gasteiger partial charge in [-0.25, -0.2) is 0 Å². The lowest BCUT2D eigenvalue weighted by Gasteiger charge is -2.44. The average Bonchev–Trinajstić information content (AvgIpc) is 2.61. The third-order valence-corrected chi connectivity index (χ3v) is 7.12. The van der Waals surface area contributed by atoms with Gasteiger partial charge in [-0.15, -0.1) is 0 Å². The molecule has 0 saturated heterocycles. The van der Waals surface area contributed by atoms with Crippen molar-refractivity contribution in [3.05, 3.63) is 0 Å². The Hall–Kier alpha value is -0.0400. The predicted octanol–water partition coefficient (Wildman–Crippen LogP) is 4.00. The van der Waals surface area contributed by atoms with Crippen LogP contribution in [-0.4, -0.2) is 11.2 Å². The molecule has 3 saturated carbocycles. The van der Waals surface area contributed by atoms with Crippen molar-refractivity contribution in [2.24, 2.45) is 28.6 Å². The lowest BCUT2D eigenvalue weighted by atomic mass is 9.61. The van der Waals surface area contributed by atoms with E-state index in [4.69, 9.17) is 0 Å². The lowest BCUT2D eigenvalue weighted by Crippen LogP contribution is -2.38. The van der Waals surface area contributed by atoms with E-state index in [1.54, 1.807) is 0 Å². The summed E-state index contributed by atoms with van der Waals surface area (Å²) in [6, 6.07) is 0. The third-order valence-electron chi connectivity index (χ3n) is 7.12. The maximum absolute atomic E-state index is 9.92. The minimum atomic E-state index is -0.000381. The Kier molecular flexibility index (Phi) is 2.63. The summed E-state index contributed by atoms with van der Waals surface area (Å²) >= 11 is 0. The molecule has 3 aliphatic rings. The Bertz CT molecular complexity index is 309. The Balaban J connectivity index is 1.82. The quantitative estimate of drug-likeness (QED) is 0.729. The van der Waals surface area contributed by atoms with Crippen LogP contribution in [0.25, 0.3) is 0 Å². The van der Waals surface area contributed by atoms with Crippen LogP contribution in [0.4, 0.5) is 0 Å². The van der Waals surface area contributed by atoms with Gasteiger partial charge in [0.15, 0.2) is 0 Å². The minimum Gasteiger partial charge on any atom is -0.393 e. The number of fused-ring (bicyclic) bond motifs is 2. The molecular formula is C16H28O. The molecule has 98 valence electrons. The van der Waals surface area contributed by atoms with Gasteiger partial charge in [0.2, 0.25) is 0 Å². The molecule has 2 bridgehead atoms. The van der Waals surface area contributed by atoms with Gasteiger partial charge in [-0.3, -0.25) is 0 Å². The largest absolute Gasteiger partial charge is 0.393 e. The van der Waals surface area contributed by atoms with Crippen LogP contribution >= 0.6 is 0 Å². The summed E-state index contributed by atoms with van der Waals surface area (Å²) in [7, 11) is 0. The molecule has 1 nitrogen and oxygen atoms in total. The van der Waals surface area contributed by atoms with Gasteiger partial charge in [0.25, 0.3) is 0 Å². The van der Waals surface area contributed by atoms with Crippen LogP contribution in [0.5, 0.6) is 0 Å². The van der Waals surface area contributed by atoms with E-state index in [-0.39, 0.29) is 6.10 Å². The van der Waals surface area contributed by atoms with E-state index in [1.807, 2.05) is 0 Å². The highest BCUT2D eigenvalue weighted by atomic mass is 16.3. The normalized spacial score (nSPS) is 52.9. The first-order valence-corrected chi connectivity index (χ1v) is 7.63. The van der Waals surface area contributed by atoms with Gasteiger partial charge in [0, 0.05) is 0 Å². The molecule has 5 atom stereocenters. The molecule has 3 fully saturated rings. The highest BCUT2D eigenvalue weighted by Gasteiger charge is 2.62. The van der Waals surface area contributed by atoms with Gasteiger partial charge in [0.05, 0.1) is 6.10 Å². The predicted molar refractivity (Wildman–Crippen MR) is 70.7 cm³/mol. The van der Waals surface area contributed by atoms with Crippen molar-refractivity contribution in [2.45, 2.75) is 71.8 Å². The van der Waals surface area contributed by atoms with Crippen molar-refractivity contribution in [3.8, 4) is 0 Å². The molecule has 1 heteroatoms. The molecule has 0 aromatic carbocycles. The second kappa shape index (κ2) is 3.73. The summed E-state index contributed by atoms with van der Waals surface area (Å²) in [6.45, 7) is 7.56. The van der Waals surface area contributed by atoms with Crippen LogP contribution in [0.15, 0.2) is 0 Å². The summed E-state index contributed by atoms with van der Waals surface area (Å²) in [5.74, 6) is 2.66. The second-order valence-corrected chi connectivity index (χ2v) is 7.80. The van der Waals surface area contributed by atoms with Crippen LogP contribution in [-0.2, 0) is 0 Å². The van der Waals surface area contributed by atoms with Gasteiger partial charge in [0.1, 0.15) is 0 Å². The first kappa shape index (κ1) is 12.0. The number of hydrogen-bond donors (Lipinski definition) is 1. The van der Waals surface area contributed by atoms with Crippen molar-refractivity contribution >= 4 is 0 Å². The average molecular weight is 236 g/mol. The smallest absolute Gasteiger partial charge is 0.0543 e. The van der Waals surface area contributed by atoms with Crippen LogP contribution in [0.2, 0.25) is 0 Å². The maximum Gasteiger partial charge on any atom is 0.0543 e. The van der Waals surface area contributed by atoms with E-state index in [1.165, 1.54) is 32.1 Å². The fourth-order valence-corrected chi connectivity index (χ4v) is 5.54. The maximum atomic E-state index is 9.92. The summed E-state index contributed by atoms with van der Waals surface area (Å²) in [5, 5.41) is 9.92. The summed E-state index contributed by atoms with van der Waals surface area (Å²) in [6.07, 6.45) is 9.09. The molecule has 0 aromatic rings. The minimum absolute atomic E-state index is 0.000381. The number of hydrogen-bond acceptors (Lipinski definition) is 1. The number of rotatable bonds is 1. The van der Waals surface area contributed by atoms with Gasteiger partial charge < -0.3 is 5.11 Å². The van der Waals surface area contributed by atoms with Gasteiger partial charge in [-0.2, -0.15) is 0 Å². The molecule has 3 aliphatic carbocycles. The van der Waals surface area contributed by atoms with E-state index < -0.39 is 0 Å². The highest BCUT2D eigenvalue weighted by Crippen LogP contribution is 2.70. The molecule has 0 amide bonds. The SMILES string of the molecule is CC1(C)[C@@H]2CC[C@@]1(C)[C@H]([C@@H]1CCC[C@H](O)C1)C2. The van der Waals surface area contributed by atoms with E-state index >= 15 is 0 Å². The molecule has 1 N–H and O–H groups in total. The van der Waals surface area contributed by atoms with E-state index in [2.05, 4.69) is 20.8 Å². The Morgan fingerprint density at radius 2 is 1.76 bits per heavy atom. The molecule has 0 heterocycles. The van der Waals surface area contributed by atoms with Crippen molar-refractivity contribution < 1.29 is 5.11 Å². The summed E-state index contributed by atoms with van der Waals surface area (Å²) in [4.78, 5) is 0. The Labute approximate surface area is 106 Å². The topological polar surface area (TPSA) is 20.2 Å². The molecule has 17 heavy (non-hydrogen) atoms. The molecule has 0 spiro atoms. The number of aliphatic hydroxyl groups is 1. The van der Waals surface area contributed by atoms with Gasteiger partial charge in [-0.05, 0) is 67.1 Å². The number of aliphatic hydroxyl groups excluding tert-OH is 1. The highest BCUT2D eigenvalue weighted by molar-refractivity contribution is 5.11. The van der Waals surface area contributed by atoms with Crippen molar-refractivity contribution in [1.29, 1.82) is 0 Å². The Morgan fingerprint density at radius 3 is 2.29 bits per heavy atom. The summed E-state index contributed by atoms with van der Waals surface area (Å²) in [5.41, 5.74) is 1.10. The standard InChI is InChI=1S/C16H28O/c1-15(2)12-7-8-16(15,3)14(10-12)11-5-4-6-13(17)9-11/h11-14,17H,4-10H2,1-3H3/t11-,12-,13+,14+,16+/m1/s1. The van der Waals surface area contributed by atoms with Crippen LogP contribution in [0.3, 0.4) is 0 Å². The van der Waals surface area contributed by atoms with Crippen LogP contribution in [0.1, 0.15) is 65.7 Å². The fourth-order valence-electron chi connectivity index (χ4n) is 5.54. The lowest BCUT2D eigenvalue weighted by molar-refractivity contribution is 0.0168. The monoisotopic (exact) mass is 236 g/mol. The summed E-state index contributed by atoms with van der Waals surface area (Å²) < 4.78 is 0. The fraction of sp³-hybridized carbons (Fsp3) is 1.00. The molecular weight excluding hydrogens is 208 g/mol. The second-order valence-electron chi connectivity index (χ2n) is 7.80. The molecule has 0 aliphatic heterocycles. The third kappa shape index (κ3) is 1.54. The molecule has 0 aromatic heterocycles. The zero-order chi connectivity index (χ0) is 12.3. The van der Waals surface area contributed by atoms with Crippen LogP contribution in [0, 0.1) is 28.6 Å². The van der Waals surface area contributed by atoms with Crippen molar-refractivity contribution in [1.82, 2.24) is 0 Å². The zero-order valence-electron chi connectivity index (χ0n) is 11.7. The van der Waals surface area contributed by atoms with E-state index in [9.17, 15) is 5.11 Å². The molecule has 0 unspecified atom stereocenters. The van der Waals surface area contributed by atoms with Crippen molar-refractivity contribution in [2.75, 3.05) is 0 Å². The molecule has 0 radical (unpaired) electrons. The van der Waals surface area contributed by atoms with E-state index in [0.29, 0.717) is 10.8 Å². The first-order chi connectivity index (χ1) is 7.95. The van der Waals surface area contributed by atoms with Crippen molar-refractivity contribution in [3.63, 3.8) is 0 Å². The van der Waals surface area contributed by atoms with Gasteiger partial charge >= 0.3 is 0 Å². The van der Waals surface area contributed by atoms with E-state index in [0.717, 1.165) is 30.6 Å².